The second-order valence-electron chi connectivity index (χ2n) is 6.32. The Morgan fingerprint density at radius 1 is 1.12 bits per heavy atom. The van der Waals surface area contributed by atoms with Crippen LogP contribution in [0.25, 0.3) is 0 Å². The van der Waals surface area contributed by atoms with E-state index in [2.05, 4.69) is 11.8 Å². The van der Waals surface area contributed by atoms with Gasteiger partial charge in [-0.2, -0.15) is 0 Å². The zero-order valence-electron chi connectivity index (χ0n) is 10.9. The lowest BCUT2D eigenvalue weighted by atomic mass is 9.68. The summed E-state index contributed by atoms with van der Waals surface area (Å²) in [5, 5.41) is 10.9. The van der Waals surface area contributed by atoms with Gasteiger partial charge in [0.05, 0.1) is 12.2 Å². The smallest absolute Gasteiger partial charge is 0.0827 e. The first-order chi connectivity index (χ1) is 8.19. The summed E-state index contributed by atoms with van der Waals surface area (Å²) >= 11 is 0. The largest absolute Gasteiger partial charge is 0.388 e. The Balaban J connectivity index is 1.75. The van der Waals surface area contributed by atoms with Gasteiger partial charge in [-0.1, -0.05) is 6.42 Å². The summed E-state index contributed by atoms with van der Waals surface area (Å²) in [5.41, 5.74) is -0.545. The van der Waals surface area contributed by atoms with Crippen LogP contribution in [0.3, 0.4) is 0 Å². The third kappa shape index (κ3) is 2.02. The lowest BCUT2D eigenvalue weighted by Crippen LogP contribution is -2.60. The molecule has 1 N–H and O–H groups in total. The van der Waals surface area contributed by atoms with Crippen LogP contribution in [-0.2, 0) is 4.74 Å². The summed E-state index contributed by atoms with van der Waals surface area (Å²) in [6.07, 6.45) is 6.36. The summed E-state index contributed by atoms with van der Waals surface area (Å²) in [6, 6.07) is 0.366. The van der Waals surface area contributed by atoms with Crippen LogP contribution in [0.15, 0.2) is 0 Å². The molecule has 0 amide bonds. The minimum absolute atomic E-state index is 0.364. The third-order valence-corrected chi connectivity index (χ3v) is 5.27. The molecule has 0 aromatic heterocycles. The van der Waals surface area contributed by atoms with Gasteiger partial charge in [-0.05, 0) is 51.6 Å². The predicted octanol–water partition coefficient (Wildman–Crippen LogP) is 1.65. The predicted molar refractivity (Wildman–Crippen MR) is 66.9 cm³/mol. The second kappa shape index (κ2) is 4.52. The molecule has 2 saturated heterocycles. The van der Waals surface area contributed by atoms with Crippen LogP contribution in [0.5, 0.6) is 0 Å². The van der Waals surface area contributed by atoms with Crippen LogP contribution in [0.1, 0.15) is 39.0 Å². The number of ether oxygens (including phenoxy) is 1. The average Bonchev–Trinajstić information content (AvgIpc) is 2.80. The zero-order valence-corrected chi connectivity index (χ0v) is 10.9. The molecule has 1 aliphatic carbocycles. The van der Waals surface area contributed by atoms with E-state index in [0.29, 0.717) is 17.9 Å². The first-order valence-corrected chi connectivity index (χ1v) is 7.24. The fraction of sp³-hybridized carbons (Fsp3) is 1.00. The van der Waals surface area contributed by atoms with E-state index in [9.17, 15) is 5.11 Å². The molecular weight excluding hydrogens is 214 g/mol. The van der Waals surface area contributed by atoms with Crippen molar-refractivity contribution in [2.45, 2.75) is 50.7 Å². The van der Waals surface area contributed by atoms with E-state index in [-0.39, 0.29) is 0 Å². The number of nitrogens with zero attached hydrogens (tertiary/aromatic N) is 1. The van der Waals surface area contributed by atoms with Gasteiger partial charge in [-0.15, -0.1) is 0 Å². The van der Waals surface area contributed by atoms with Crippen molar-refractivity contribution in [3.63, 3.8) is 0 Å². The Labute approximate surface area is 104 Å². The first kappa shape index (κ1) is 11.9. The number of rotatable bonds is 1. The number of hydrogen-bond donors (Lipinski definition) is 1. The van der Waals surface area contributed by atoms with E-state index >= 15 is 0 Å². The molecule has 0 aromatic rings. The molecule has 98 valence electrons. The van der Waals surface area contributed by atoms with Crippen molar-refractivity contribution >= 4 is 0 Å². The standard InChI is InChI=1S/C14H25NO2/c1-14(16)12-10-17-9-11(12)5-6-13(14)15-7-3-2-4-8-15/h11-13,16H,2-10H2,1H3/t11-,12-,13+,14+/m0/s1. The van der Waals surface area contributed by atoms with Crippen LogP contribution in [0, 0.1) is 11.8 Å². The van der Waals surface area contributed by atoms with E-state index in [1.54, 1.807) is 0 Å². The van der Waals surface area contributed by atoms with Crippen molar-refractivity contribution in [1.82, 2.24) is 4.90 Å². The fourth-order valence-corrected chi connectivity index (χ4v) is 4.22. The molecule has 2 aliphatic heterocycles. The molecule has 3 rings (SSSR count). The Morgan fingerprint density at radius 3 is 2.65 bits per heavy atom. The van der Waals surface area contributed by atoms with Gasteiger partial charge in [0.15, 0.2) is 0 Å². The van der Waals surface area contributed by atoms with Gasteiger partial charge in [0.2, 0.25) is 0 Å². The van der Waals surface area contributed by atoms with E-state index in [1.807, 2.05) is 0 Å². The SMILES string of the molecule is C[C@@]1(O)[C@H]2COC[C@@H]2CC[C@H]1N1CCCCC1. The van der Waals surface area contributed by atoms with Gasteiger partial charge in [0.1, 0.15) is 0 Å². The highest BCUT2D eigenvalue weighted by Crippen LogP contribution is 2.43. The Morgan fingerprint density at radius 2 is 1.88 bits per heavy atom. The van der Waals surface area contributed by atoms with Crippen molar-refractivity contribution in [2.24, 2.45) is 11.8 Å². The molecule has 3 nitrogen and oxygen atoms in total. The number of likely N-dealkylation sites (tertiary alicyclic amines) is 1. The van der Waals surface area contributed by atoms with Gasteiger partial charge < -0.3 is 9.84 Å². The summed E-state index contributed by atoms with van der Waals surface area (Å²) in [7, 11) is 0. The molecule has 3 fully saturated rings. The summed E-state index contributed by atoms with van der Waals surface area (Å²) in [6.45, 7) is 6.05. The molecule has 0 spiro atoms. The van der Waals surface area contributed by atoms with Gasteiger partial charge in [-0.25, -0.2) is 0 Å². The minimum atomic E-state index is -0.545. The maximum absolute atomic E-state index is 10.9. The molecule has 4 atom stereocenters. The van der Waals surface area contributed by atoms with Crippen LogP contribution in [-0.4, -0.2) is 48.0 Å². The van der Waals surface area contributed by atoms with E-state index < -0.39 is 5.60 Å². The molecule has 3 aliphatic rings. The molecule has 0 aromatic carbocycles. The van der Waals surface area contributed by atoms with Crippen LogP contribution >= 0.6 is 0 Å². The molecule has 0 radical (unpaired) electrons. The van der Waals surface area contributed by atoms with Crippen LogP contribution in [0.2, 0.25) is 0 Å². The molecule has 17 heavy (non-hydrogen) atoms. The number of aliphatic hydroxyl groups is 1. The van der Waals surface area contributed by atoms with Crippen molar-refractivity contribution < 1.29 is 9.84 Å². The first-order valence-electron chi connectivity index (χ1n) is 7.24. The highest BCUT2D eigenvalue weighted by atomic mass is 16.5. The fourth-order valence-electron chi connectivity index (χ4n) is 4.22. The van der Waals surface area contributed by atoms with E-state index in [4.69, 9.17) is 4.74 Å². The molecule has 3 heteroatoms. The molecule has 1 saturated carbocycles. The Kier molecular flexibility index (Phi) is 3.18. The maximum atomic E-state index is 10.9. The Bertz CT molecular complexity index is 273. The monoisotopic (exact) mass is 239 g/mol. The zero-order chi connectivity index (χ0) is 11.9. The second-order valence-corrected chi connectivity index (χ2v) is 6.32. The molecular formula is C14H25NO2. The topological polar surface area (TPSA) is 32.7 Å². The molecule has 0 unspecified atom stereocenters. The van der Waals surface area contributed by atoms with Gasteiger partial charge in [-0.3, -0.25) is 4.90 Å². The van der Waals surface area contributed by atoms with E-state index in [0.717, 1.165) is 19.6 Å². The van der Waals surface area contributed by atoms with Crippen molar-refractivity contribution in [3.8, 4) is 0 Å². The highest BCUT2D eigenvalue weighted by Gasteiger charge is 2.51. The van der Waals surface area contributed by atoms with Crippen molar-refractivity contribution in [1.29, 1.82) is 0 Å². The molecule has 2 heterocycles. The maximum Gasteiger partial charge on any atom is 0.0827 e. The number of fused-ring (bicyclic) bond motifs is 1. The summed E-state index contributed by atoms with van der Waals surface area (Å²) < 4.78 is 5.58. The highest BCUT2D eigenvalue weighted by molar-refractivity contribution is 5.03. The van der Waals surface area contributed by atoms with Gasteiger partial charge in [0, 0.05) is 18.6 Å². The van der Waals surface area contributed by atoms with Gasteiger partial charge in [0.25, 0.3) is 0 Å². The lowest BCUT2D eigenvalue weighted by Gasteiger charge is -2.50. The average molecular weight is 239 g/mol. The summed E-state index contributed by atoms with van der Waals surface area (Å²) in [4.78, 5) is 2.54. The third-order valence-electron chi connectivity index (χ3n) is 5.27. The van der Waals surface area contributed by atoms with E-state index in [1.165, 1.54) is 38.8 Å². The van der Waals surface area contributed by atoms with Crippen LogP contribution < -0.4 is 0 Å². The number of piperidine rings is 1. The normalized spacial score (nSPS) is 48.0. The van der Waals surface area contributed by atoms with Crippen molar-refractivity contribution in [3.05, 3.63) is 0 Å². The van der Waals surface area contributed by atoms with Crippen LogP contribution in [0.4, 0.5) is 0 Å². The van der Waals surface area contributed by atoms with Gasteiger partial charge >= 0.3 is 0 Å². The lowest BCUT2D eigenvalue weighted by molar-refractivity contribution is -0.113. The minimum Gasteiger partial charge on any atom is -0.388 e. The molecule has 0 bridgehead atoms. The Hall–Kier alpha value is -0.120. The summed E-state index contributed by atoms with van der Waals surface area (Å²) in [5.74, 6) is 0.967. The van der Waals surface area contributed by atoms with Crippen molar-refractivity contribution in [2.75, 3.05) is 26.3 Å². The number of hydrogen-bond acceptors (Lipinski definition) is 3. The quantitative estimate of drug-likeness (QED) is 0.755.